The van der Waals surface area contributed by atoms with Crippen LogP contribution >= 0.6 is 55.1 Å². The van der Waals surface area contributed by atoms with Gasteiger partial charge in [0.1, 0.15) is 5.69 Å². The van der Waals surface area contributed by atoms with Crippen molar-refractivity contribution in [3.05, 3.63) is 90.9 Å². The molecule has 35 heavy (non-hydrogen) atoms. The number of benzene rings is 3. The first kappa shape index (κ1) is 25.2. The van der Waals surface area contributed by atoms with E-state index < -0.39 is 17.7 Å². The summed E-state index contributed by atoms with van der Waals surface area (Å²) >= 11 is 18.8. The molecule has 1 aromatic heterocycles. The van der Waals surface area contributed by atoms with Gasteiger partial charge >= 0.3 is 11.8 Å². The lowest BCUT2D eigenvalue weighted by atomic mass is 10.2. The average Bonchev–Trinajstić information content (AvgIpc) is 3.16. The molecule has 3 aromatic carbocycles. The summed E-state index contributed by atoms with van der Waals surface area (Å²) in [4.78, 5) is 38.5. The molecule has 4 rings (SSSR count). The van der Waals surface area contributed by atoms with E-state index in [0.717, 1.165) is 14.5 Å². The molecule has 0 spiro atoms. The Hall–Kier alpha value is -2.85. The number of anilines is 2. The molecule has 0 saturated carbocycles. The zero-order valence-corrected chi connectivity index (χ0v) is 22.6. The molecule has 3 amide bonds. The minimum atomic E-state index is -0.949. The number of nitrogens with zero attached hydrogens (tertiary/aromatic N) is 1. The van der Waals surface area contributed by atoms with E-state index in [1.165, 1.54) is 10.7 Å². The molecular formula is C24H16Br2Cl2N4O3. The van der Waals surface area contributed by atoms with Gasteiger partial charge < -0.3 is 10.6 Å². The van der Waals surface area contributed by atoms with Crippen molar-refractivity contribution < 1.29 is 14.4 Å². The molecular weight excluding hydrogens is 623 g/mol. The van der Waals surface area contributed by atoms with Crippen molar-refractivity contribution in [1.82, 2.24) is 4.68 Å². The summed E-state index contributed by atoms with van der Waals surface area (Å²) in [6, 6.07) is 16.7. The Morgan fingerprint density at radius 2 is 1.51 bits per heavy atom. The van der Waals surface area contributed by atoms with Crippen LogP contribution in [-0.4, -0.2) is 22.4 Å². The molecule has 0 unspecified atom stereocenters. The number of aromatic nitrogens is 1. The summed E-state index contributed by atoms with van der Waals surface area (Å²) < 4.78 is 2.93. The van der Waals surface area contributed by atoms with Crippen LogP contribution in [0.15, 0.2) is 69.6 Å². The van der Waals surface area contributed by atoms with Crippen LogP contribution in [0.25, 0.3) is 10.9 Å². The number of amides is 3. The van der Waals surface area contributed by atoms with Crippen LogP contribution in [0.3, 0.4) is 0 Å². The van der Waals surface area contributed by atoms with E-state index in [4.69, 9.17) is 23.2 Å². The van der Waals surface area contributed by atoms with Crippen LogP contribution < -0.4 is 16.1 Å². The third-order valence-electron chi connectivity index (χ3n) is 5.01. The van der Waals surface area contributed by atoms with Crippen LogP contribution in [0.4, 0.5) is 11.4 Å². The predicted octanol–water partition coefficient (Wildman–Crippen LogP) is 6.74. The van der Waals surface area contributed by atoms with E-state index >= 15 is 0 Å². The number of nitrogens with one attached hydrogen (secondary N) is 3. The van der Waals surface area contributed by atoms with Crippen LogP contribution in [0, 0.1) is 6.92 Å². The second-order valence-electron chi connectivity index (χ2n) is 7.51. The maximum atomic E-state index is 13.1. The van der Waals surface area contributed by atoms with Gasteiger partial charge in [0.15, 0.2) is 0 Å². The first-order valence-electron chi connectivity index (χ1n) is 10.1. The van der Waals surface area contributed by atoms with Gasteiger partial charge in [0.05, 0.1) is 15.6 Å². The van der Waals surface area contributed by atoms with Gasteiger partial charge in [0.25, 0.3) is 5.91 Å². The van der Waals surface area contributed by atoms with Crippen LogP contribution in [0.1, 0.15) is 16.1 Å². The SMILES string of the molecule is Cc1cc(NC(=O)C(=O)Nn2c(C(=O)Nc3ccc(Cl)c(Cl)c3)cc3cc(Br)ccc32)ccc1Br. The number of rotatable bonds is 4. The molecule has 11 heteroatoms. The molecule has 7 nitrogen and oxygen atoms in total. The van der Waals surface area contributed by atoms with Gasteiger partial charge in [-0.05, 0) is 73.2 Å². The Morgan fingerprint density at radius 3 is 2.23 bits per heavy atom. The summed E-state index contributed by atoms with van der Waals surface area (Å²) in [6.07, 6.45) is 0. The molecule has 1 heterocycles. The van der Waals surface area contributed by atoms with Crippen LogP contribution in [0.5, 0.6) is 0 Å². The number of carbonyl (C=O) groups excluding carboxylic acids is 3. The van der Waals surface area contributed by atoms with Gasteiger partial charge in [-0.15, -0.1) is 0 Å². The molecule has 0 saturated heterocycles. The lowest BCUT2D eigenvalue weighted by Gasteiger charge is -2.13. The van der Waals surface area contributed by atoms with E-state index in [0.29, 0.717) is 27.3 Å². The van der Waals surface area contributed by atoms with Crippen molar-refractivity contribution in [3.63, 3.8) is 0 Å². The zero-order valence-electron chi connectivity index (χ0n) is 18.0. The highest BCUT2D eigenvalue weighted by Crippen LogP contribution is 2.27. The summed E-state index contributed by atoms with van der Waals surface area (Å²) in [7, 11) is 0. The third kappa shape index (κ3) is 5.70. The van der Waals surface area contributed by atoms with Crippen LogP contribution in [-0.2, 0) is 9.59 Å². The molecule has 0 aliphatic heterocycles. The highest BCUT2D eigenvalue weighted by atomic mass is 79.9. The molecule has 0 bridgehead atoms. The van der Waals surface area contributed by atoms with Gasteiger partial charge in [-0.3, -0.25) is 19.8 Å². The fourth-order valence-electron chi connectivity index (χ4n) is 3.31. The Bertz CT molecular complexity index is 1500. The molecule has 3 N–H and O–H groups in total. The first-order valence-corrected chi connectivity index (χ1v) is 12.4. The summed E-state index contributed by atoms with van der Waals surface area (Å²) in [6.45, 7) is 1.86. The summed E-state index contributed by atoms with van der Waals surface area (Å²) in [5, 5.41) is 6.58. The summed E-state index contributed by atoms with van der Waals surface area (Å²) in [5.41, 5.74) is 4.91. The van der Waals surface area contributed by atoms with E-state index in [9.17, 15) is 14.4 Å². The van der Waals surface area contributed by atoms with E-state index in [2.05, 4.69) is 47.9 Å². The Kier molecular flexibility index (Phi) is 7.51. The van der Waals surface area contributed by atoms with E-state index in [1.807, 2.05) is 6.92 Å². The quantitative estimate of drug-likeness (QED) is 0.216. The van der Waals surface area contributed by atoms with Gasteiger partial charge in [0.2, 0.25) is 0 Å². The maximum Gasteiger partial charge on any atom is 0.328 e. The minimum Gasteiger partial charge on any atom is -0.321 e. The molecule has 178 valence electrons. The number of hydrogen-bond acceptors (Lipinski definition) is 3. The standard InChI is InChI=1S/C24H16Br2Cl2N4O3/c1-12-8-15(3-5-17(12)26)30-23(34)24(35)31-32-20-7-2-14(25)9-13(20)10-21(32)22(33)29-16-4-6-18(27)19(28)11-16/h2-11H,1H3,(H,29,33)(H,30,34)(H,31,35). The van der Waals surface area contributed by atoms with Gasteiger partial charge in [-0.2, -0.15) is 0 Å². The smallest absolute Gasteiger partial charge is 0.321 e. The Morgan fingerprint density at radius 1 is 0.800 bits per heavy atom. The lowest BCUT2D eigenvalue weighted by Crippen LogP contribution is -2.36. The van der Waals surface area contributed by atoms with Gasteiger partial charge in [0, 0.05) is 25.7 Å². The molecule has 0 radical (unpaired) electrons. The number of fused-ring (bicyclic) bond motifs is 1. The van der Waals surface area contributed by atoms with Crippen molar-refractivity contribution in [1.29, 1.82) is 0 Å². The Labute approximate surface area is 227 Å². The van der Waals surface area contributed by atoms with Crippen molar-refractivity contribution in [3.8, 4) is 0 Å². The van der Waals surface area contributed by atoms with Crippen molar-refractivity contribution in [2.24, 2.45) is 0 Å². The molecule has 0 aliphatic carbocycles. The van der Waals surface area contributed by atoms with Crippen molar-refractivity contribution >= 4 is 95.1 Å². The van der Waals surface area contributed by atoms with Gasteiger partial charge in [-0.1, -0.05) is 55.1 Å². The molecule has 4 aromatic rings. The maximum absolute atomic E-state index is 13.1. The topological polar surface area (TPSA) is 92.2 Å². The number of carbonyl (C=O) groups is 3. The highest BCUT2D eigenvalue weighted by Gasteiger charge is 2.21. The number of hydrogen-bond donors (Lipinski definition) is 3. The lowest BCUT2D eigenvalue weighted by molar-refractivity contribution is -0.133. The van der Waals surface area contributed by atoms with Crippen molar-refractivity contribution in [2.45, 2.75) is 6.92 Å². The molecule has 0 atom stereocenters. The van der Waals surface area contributed by atoms with Crippen molar-refractivity contribution in [2.75, 3.05) is 16.1 Å². The number of aryl methyl sites for hydroxylation is 1. The normalized spacial score (nSPS) is 10.8. The zero-order chi connectivity index (χ0) is 25.3. The minimum absolute atomic E-state index is 0.102. The third-order valence-corrected chi connectivity index (χ3v) is 7.13. The molecule has 0 aliphatic rings. The van der Waals surface area contributed by atoms with E-state index in [1.54, 1.807) is 54.6 Å². The fourth-order valence-corrected chi connectivity index (χ4v) is 4.23. The fraction of sp³-hybridized carbons (Fsp3) is 0.0417. The average molecular weight is 639 g/mol. The first-order chi connectivity index (χ1) is 16.6. The Balaban J connectivity index is 1.62. The molecule has 0 fully saturated rings. The second-order valence-corrected chi connectivity index (χ2v) is 10.1. The predicted molar refractivity (Wildman–Crippen MR) is 146 cm³/mol. The summed E-state index contributed by atoms with van der Waals surface area (Å²) in [5.74, 6) is -2.36. The monoisotopic (exact) mass is 636 g/mol. The second kappa shape index (κ2) is 10.4. The largest absolute Gasteiger partial charge is 0.328 e. The van der Waals surface area contributed by atoms with Crippen LogP contribution in [0.2, 0.25) is 10.0 Å². The highest BCUT2D eigenvalue weighted by molar-refractivity contribution is 9.10. The number of halogens is 4. The van der Waals surface area contributed by atoms with Gasteiger partial charge in [-0.25, -0.2) is 4.68 Å². The van der Waals surface area contributed by atoms with E-state index in [-0.39, 0.29) is 10.7 Å².